The third kappa shape index (κ3) is 3.22. The zero-order chi connectivity index (χ0) is 16.2. The van der Waals surface area contributed by atoms with Crippen LogP contribution in [0.4, 0.5) is 10.5 Å². The molecule has 1 aliphatic rings. The monoisotopic (exact) mass is 329 g/mol. The summed E-state index contributed by atoms with van der Waals surface area (Å²) in [4.78, 5) is 27.7. The molecule has 2 N–H and O–H groups in total. The molecule has 3 amide bonds. The van der Waals surface area contributed by atoms with Gasteiger partial charge in [0.1, 0.15) is 6.04 Å². The predicted octanol–water partition coefficient (Wildman–Crippen LogP) is 2.53. The highest BCUT2D eigenvalue weighted by Crippen LogP contribution is 2.32. The molecule has 0 saturated carbocycles. The molecule has 6 heteroatoms. The number of amides is 3. The van der Waals surface area contributed by atoms with Gasteiger partial charge in [0.15, 0.2) is 0 Å². The molecule has 5 nitrogen and oxygen atoms in total. The van der Waals surface area contributed by atoms with Gasteiger partial charge in [-0.05, 0) is 30.0 Å². The highest BCUT2D eigenvalue weighted by molar-refractivity contribution is 7.09. The van der Waals surface area contributed by atoms with Crippen LogP contribution >= 0.6 is 11.3 Å². The smallest absolute Gasteiger partial charge is 0.322 e. The van der Waals surface area contributed by atoms with Gasteiger partial charge in [0.2, 0.25) is 5.91 Å². The zero-order valence-electron chi connectivity index (χ0n) is 12.9. The first-order chi connectivity index (χ1) is 11.2. The van der Waals surface area contributed by atoms with E-state index in [1.165, 1.54) is 0 Å². The second-order valence-electron chi connectivity index (χ2n) is 5.35. The summed E-state index contributed by atoms with van der Waals surface area (Å²) in [6.07, 6.45) is 0.550. The Bertz CT molecular complexity index is 700. The number of nitrogens with zero attached hydrogens (tertiary/aromatic N) is 1. The highest BCUT2D eigenvalue weighted by atomic mass is 32.1. The normalized spacial score (nSPS) is 16.0. The van der Waals surface area contributed by atoms with E-state index >= 15 is 0 Å². The number of para-hydroxylation sites is 1. The summed E-state index contributed by atoms with van der Waals surface area (Å²) in [5.74, 6) is -0.116. The van der Waals surface area contributed by atoms with E-state index in [0.717, 1.165) is 16.1 Å². The molecule has 1 aromatic heterocycles. The topological polar surface area (TPSA) is 61.4 Å². The van der Waals surface area contributed by atoms with Crippen molar-refractivity contribution >= 4 is 29.0 Å². The number of thiophene rings is 1. The molecule has 1 aromatic carbocycles. The summed E-state index contributed by atoms with van der Waals surface area (Å²) < 4.78 is 0. The van der Waals surface area contributed by atoms with Crippen LogP contribution in [0.25, 0.3) is 0 Å². The fourth-order valence-corrected chi connectivity index (χ4v) is 3.44. The Hall–Kier alpha value is -2.34. The molecule has 0 bridgehead atoms. The van der Waals surface area contributed by atoms with Crippen LogP contribution < -0.4 is 15.5 Å². The minimum atomic E-state index is -0.490. The van der Waals surface area contributed by atoms with Crippen molar-refractivity contribution in [3.8, 4) is 0 Å². The summed E-state index contributed by atoms with van der Waals surface area (Å²) in [5, 5.41) is 7.71. The van der Waals surface area contributed by atoms with Gasteiger partial charge in [-0.25, -0.2) is 4.79 Å². The summed E-state index contributed by atoms with van der Waals surface area (Å²) in [6, 6.07) is 10.9. The Labute approximate surface area is 139 Å². The van der Waals surface area contributed by atoms with Crippen molar-refractivity contribution in [2.75, 3.05) is 11.4 Å². The van der Waals surface area contributed by atoms with Crippen LogP contribution in [0.15, 0.2) is 41.8 Å². The van der Waals surface area contributed by atoms with Gasteiger partial charge in [-0.15, -0.1) is 11.3 Å². The number of hydrogen-bond donors (Lipinski definition) is 2. The molecule has 2 heterocycles. The molecule has 3 rings (SSSR count). The van der Waals surface area contributed by atoms with Crippen LogP contribution in [-0.2, 0) is 17.8 Å². The van der Waals surface area contributed by atoms with Crippen LogP contribution in [0.1, 0.15) is 17.4 Å². The van der Waals surface area contributed by atoms with Crippen LogP contribution in [0.3, 0.4) is 0 Å². The van der Waals surface area contributed by atoms with E-state index < -0.39 is 6.04 Å². The average molecular weight is 329 g/mol. The first-order valence-electron chi connectivity index (χ1n) is 7.65. The second-order valence-corrected chi connectivity index (χ2v) is 6.38. The summed E-state index contributed by atoms with van der Waals surface area (Å²) in [6.45, 7) is 2.90. The van der Waals surface area contributed by atoms with Gasteiger partial charge in [0.05, 0.1) is 6.54 Å². The van der Waals surface area contributed by atoms with E-state index in [-0.39, 0.29) is 11.9 Å². The lowest BCUT2D eigenvalue weighted by Crippen LogP contribution is -2.51. The average Bonchev–Trinajstić information content (AvgIpc) is 3.20. The molecule has 0 unspecified atom stereocenters. The molecule has 23 heavy (non-hydrogen) atoms. The van der Waals surface area contributed by atoms with E-state index in [4.69, 9.17) is 0 Å². The Morgan fingerprint density at radius 1 is 1.22 bits per heavy atom. The largest absolute Gasteiger partial charge is 0.355 e. The van der Waals surface area contributed by atoms with Crippen molar-refractivity contribution < 1.29 is 9.59 Å². The molecule has 0 fully saturated rings. The molecule has 0 saturated heterocycles. The quantitative estimate of drug-likeness (QED) is 0.905. The Morgan fingerprint density at radius 2 is 2.04 bits per heavy atom. The third-order valence-electron chi connectivity index (χ3n) is 3.84. The molecule has 2 aromatic rings. The maximum atomic E-state index is 12.7. The summed E-state index contributed by atoms with van der Waals surface area (Å²) in [5.41, 5.74) is 1.84. The van der Waals surface area contributed by atoms with Gasteiger partial charge < -0.3 is 10.6 Å². The van der Waals surface area contributed by atoms with Crippen molar-refractivity contribution in [2.24, 2.45) is 0 Å². The van der Waals surface area contributed by atoms with Crippen molar-refractivity contribution in [1.29, 1.82) is 0 Å². The van der Waals surface area contributed by atoms with Crippen molar-refractivity contribution in [3.05, 3.63) is 52.2 Å². The van der Waals surface area contributed by atoms with Gasteiger partial charge in [0, 0.05) is 23.5 Å². The SMILES string of the molecule is CCNC(=O)[C@H]1Cc2ccccc2N1C(=O)NCc1cccs1. The van der Waals surface area contributed by atoms with Gasteiger partial charge >= 0.3 is 6.03 Å². The Kier molecular flexibility index (Phi) is 4.62. The number of anilines is 1. The Balaban J connectivity index is 1.79. The number of nitrogens with one attached hydrogen (secondary N) is 2. The molecular weight excluding hydrogens is 310 g/mol. The first kappa shape index (κ1) is 15.6. The minimum Gasteiger partial charge on any atom is -0.355 e. The molecule has 120 valence electrons. The summed E-state index contributed by atoms with van der Waals surface area (Å²) >= 11 is 1.60. The first-order valence-corrected chi connectivity index (χ1v) is 8.53. The van der Waals surface area contributed by atoms with Gasteiger partial charge in [-0.1, -0.05) is 24.3 Å². The number of hydrogen-bond acceptors (Lipinski definition) is 3. The molecule has 0 spiro atoms. The third-order valence-corrected chi connectivity index (χ3v) is 4.72. The van der Waals surface area contributed by atoms with E-state index in [9.17, 15) is 9.59 Å². The van der Waals surface area contributed by atoms with Crippen LogP contribution in [-0.4, -0.2) is 24.5 Å². The van der Waals surface area contributed by atoms with Crippen LogP contribution in [0, 0.1) is 0 Å². The Morgan fingerprint density at radius 3 is 2.78 bits per heavy atom. The van der Waals surface area contributed by atoms with Gasteiger partial charge in [-0.3, -0.25) is 9.69 Å². The van der Waals surface area contributed by atoms with Crippen molar-refractivity contribution in [1.82, 2.24) is 10.6 Å². The second kappa shape index (κ2) is 6.83. The molecule has 0 aliphatic carbocycles. The standard InChI is InChI=1S/C17H19N3O2S/c1-2-18-16(21)15-10-12-6-3-4-8-14(12)20(15)17(22)19-11-13-7-5-9-23-13/h3-9,15H,2,10-11H2,1H3,(H,18,21)(H,19,22)/t15-/m1/s1. The van der Waals surface area contributed by atoms with Crippen LogP contribution in [0.2, 0.25) is 0 Å². The fourth-order valence-electron chi connectivity index (χ4n) is 2.80. The number of urea groups is 1. The number of benzene rings is 1. The van der Waals surface area contributed by atoms with E-state index in [1.54, 1.807) is 16.2 Å². The lowest BCUT2D eigenvalue weighted by molar-refractivity contribution is -0.122. The molecule has 1 aliphatic heterocycles. The number of likely N-dealkylation sites (N-methyl/N-ethyl adjacent to an activating group) is 1. The van der Waals surface area contributed by atoms with E-state index in [2.05, 4.69) is 10.6 Å². The maximum Gasteiger partial charge on any atom is 0.322 e. The lowest BCUT2D eigenvalue weighted by Gasteiger charge is -2.25. The van der Waals surface area contributed by atoms with Gasteiger partial charge in [0.25, 0.3) is 0 Å². The number of carbonyl (C=O) groups is 2. The number of rotatable bonds is 4. The molecule has 1 atom stereocenters. The maximum absolute atomic E-state index is 12.7. The molecular formula is C17H19N3O2S. The lowest BCUT2D eigenvalue weighted by atomic mass is 10.1. The number of fused-ring (bicyclic) bond motifs is 1. The minimum absolute atomic E-state index is 0.116. The summed E-state index contributed by atoms with van der Waals surface area (Å²) in [7, 11) is 0. The predicted molar refractivity (Wildman–Crippen MR) is 91.7 cm³/mol. The highest BCUT2D eigenvalue weighted by Gasteiger charge is 2.37. The van der Waals surface area contributed by atoms with E-state index in [1.807, 2.05) is 48.7 Å². The van der Waals surface area contributed by atoms with Gasteiger partial charge in [-0.2, -0.15) is 0 Å². The fraction of sp³-hybridized carbons (Fsp3) is 0.294. The number of carbonyl (C=O) groups excluding carboxylic acids is 2. The van der Waals surface area contributed by atoms with Crippen molar-refractivity contribution in [2.45, 2.75) is 25.9 Å². The van der Waals surface area contributed by atoms with Crippen molar-refractivity contribution in [3.63, 3.8) is 0 Å². The molecule has 0 radical (unpaired) electrons. The van der Waals surface area contributed by atoms with E-state index in [0.29, 0.717) is 19.5 Å². The zero-order valence-corrected chi connectivity index (χ0v) is 13.7. The van der Waals surface area contributed by atoms with Crippen LogP contribution in [0.5, 0.6) is 0 Å².